The Bertz CT molecular complexity index is 49.5. The van der Waals surface area contributed by atoms with E-state index in [0.29, 0.717) is 0 Å². The van der Waals surface area contributed by atoms with Crippen LogP contribution in [0.5, 0.6) is 0 Å². The Morgan fingerprint density at radius 3 is 2.17 bits per heavy atom. The van der Waals surface area contributed by atoms with Crippen LogP contribution in [0.15, 0.2) is 12.2 Å². The zero-order chi connectivity index (χ0) is 4.12. The van der Waals surface area contributed by atoms with Crippen molar-refractivity contribution in [3.8, 4) is 0 Å². The van der Waals surface area contributed by atoms with Gasteiger partial charge in [-0.2, -0.15) is 0 Å². The molecule has 0 aliphatic carbocycles. The molecule has 6 heavy (non-hydrogen) atoms. The van der Waals surface area contributed by atoms with Crippen molar-refractivity contribution >= 4 is 17.3 Å². The lowest BCUT2D eigenvalue weighted by atomic mass is 10.6. The van der Waals surface area contributed by atoms with Gasteiger partial charge in [0.25, 0.3) is 0 Å². The molecule has 0 spiro atoms. The van der Waals surface area contributed by atoms with Gasteiger partial charge in [-0.15, -0.1) is 0 Å². The summed E-state index contributed by atoms with van der Waals surface area (Å²) in [6.07, 6.45) is 4.54. The van der Waals surface area contributed by atoms with Crippen molar-refractivity contribution in [1.29, 1.82) is 0 Å². The first kappa shape index (κ1) is 9.16. The molecule has 0 aliphatic heterocycles. The summed E-state index contributed by atoms with van der Waals surface area (Å²) in [4.78, 5) is 9.19. The van der Waals surface area contributed by atoms with Crippen molar-refractivity contribution in [3.63, 3.8) is 0 Å². The zero-order valence-corrected chi connectivity index (χ0v) is 3.06. The smallest absolute Gasteiger partial charge is 0.225 e. The Labute approximate surface area is 42.1 Å². The van der Waals surface area contributed by atoms with Crippen molar-refractivity contribution in [1.82, 2.24) is 0 Å². The third-order valence-corrected chi connectivity index (χ3v) is 0.235. The predicted molar refractivity (Wildman–Crippen MR) is 31.8 cm³/mol. The first-order valence-electron chi connectivity index (χ1n) is 1.40. The summed E-state index contributed by atoms with van der Waals surface area (Å²) in [6, 6.07) is 0. The number of rotatable bonds is 1. The highest BCUT2D eigenvalue weighted by molar-refractivity contribution is 5.75. The molecule has 1 nitrogen and oxygen atoms in total. The third kappa shape index (κ3) is 9.46. The molecule has 0 bridgehead atoms. The van der Waals surface area contributed by atoms with E-state index in [-0.39, 0.29) is 11.0 Å². The Morgan fingerprint density at radius 1 is 1.67 bits per heavy atom. The van der Waals surface area contributed by atoms with Gasteiger partial charge >= 0.3 is 0 Å². The van der Waals surface area contributed by atoms with E-state index in [4.69, 9.17) is 0 Å². The summed E-state index contributed by atoms with van der Waals surface area (Å²) in [6.45, 7) is 1.77. The molecule has 0 heterocycles. The minimum atomic E-state index is 0. The summed E-state index contributed by atoms with van der Waals surface area (Å²) in [7, 11) is 0. The van der Waals surface area contributed by atoms with E-state index in [1.54, 1.807) is 19.3 Å². The Morgan fingerprint density at radius 2 is 2.17 bits per heavy atom. The van der Waals surface area contributed by atoms with Crippen LogP contribution in [0.25, 0.3) is 0 Å². The highest BCUT2D eigenvalue weighted by atomic mass is 28.1. The molecule has 0 aromatic heterocycles. The number of allylic oxidation sites excluding steroid dienone is 2. The summed E-state index contributed by atoms with van der Waals surface area (Å²) in [5.74, 6) is 0. The third-order valence-electron chi connectivity index (χ3n) is 0.235. The van der Waals surface area contributed by atoms with Crippen molar-refractivity contribution in [2.24, 2.45) is 0 Å². The van der Waals surface area contributed by atoms with Crippen LogP contribution in [0.3, 0.4) is 0 Å². The first-order chi connectivity index (χ1) is 2.41. The standard InChI is InChI=1S/C4H5O.H4Si/c1-2-3-4-5;/h2-3H,1H3;1H4. The van der Waals surface area contributed by atoms with Crippen LogP contribution in [0.2, 0.25) is 0 Å². The van der Waals surface area contributed by atoms with Gasteiger partial charge in [-0.1, -0.05) is 6.08 Å². The molecular formula is C4H9OSi. The van der Waals surface area contributed by atoms with Crippen LogP contribution in [0.1, 0.15) is 6.92 Å². The molecule has 1 radical (unpaired) electrons. The number of carbonyl (C=O) groups excluding carboxylic acids is 1. The summed E-state index contributed by atoms with van der Waals surface area (Å²) in [5.41, 5.74) is 0. The van der Waals surface area contributed by atoms with E-state index >= 15 is 0 Å². The van der Waals surface area contributed by atoms with E-state index in [1.807, 2.05) is 0 Å². The van der Waals surface area contributed by atoms with Gasteiger partial charge in [-0.3, -0.25) is 4.79 Å². The average molecular weight is 101 g/mol. The van der Waals surface area contributed by atoms with E-state index in [0.717, 1.165) is 0 Å². The minimum Gasteiger partial charge on any atom is -0.286 e. The molecule has 0 aromatic rings. The van der Waals surface area contributed by atoms with Crippen LogP contribution in [-0.4, -0.2) is 17.3 Å². The number of hydrogen-bond acceptors (Lipinski definition) is 1. The van der Waals surface area contributed by atoms with Crippen LogP contribution in [-0.2, 0) is 4.79 Å². The molecular weight excluding hydrogens is 92.1 g/mol. The molecule has 0 saturated heterocycles. The molecule has 0 atom stereocenters. The van der Waals surface area contributed by atoms with Gasteiger partial charge in [-0.25, -0.2) is 0 Å². The summed E-state index contributed by atoms with van der Waals surface area (Å²) in [5, 5.41) is 0. The molecule has 0 rings (SSSR count). The molecule has 0 N–H and O–H groups in total. The largest absolute Gasteiger partial charge is 0.286 e. The van der Waals surface area contributed by atoms with Crippen LogP contribution < -0.4 is 0 Å². The van der Waals surface area contributed by atoms with E-state index in [1.165, 1.54) is 6.08 Å². The van der Waals surface area contributed by atoms with Crippen molar-refractivity contribution in [2.45, 2.75) is 6.92 Å². The molecule has 0 amide bonds. The van der Waals surface area contributed by atoms with Crippen molar-refractivity contribution in [3.05, 3.63) is 12.2 Å². The van der Waals surface area contributed by atoms with Gasteiger partial charge < -0.3 is 0 Å². The lowest BCUT2D eigenvalue weighted by Gasteiger charge is -1.49. The van der Waals surface area contributed by atoms with Crippen molar-refractivity contribution < 1.29 is 4.79 Å². The molecule has 0 fully saturated rings. The number of hydrogen-bond donors (Lipinski definition) is 0. The van der Waals surface area contributed by atoms with Crippen LogP contribution in [0, 0.1) is 0 Å². The maximum absolute atomic E-state index is 9.19. The normalized spacial score (nSPS) is 7.50. The van der Waals surface area contributed by atoms with Gasteiger partial charge in [0.1, 0.15) is 0 Å². The lowest BCUT2D eigenvalue weighted by molar-refractivity contribution is 0.564. The predicted octanol–water partition coefficient (Wildman–Crippen LogP) is -0.779. The van der Waals surface area contributed by atoms with Crippen molar-refractivity contribution in [2.75, 3.05) is 0 Å². The highest BCUT2D eigenvalue weighted by Gasteiger charge is 1.51. The first-order valence-corrected chi connectivity index (χ1v) is 1.40. The molecule has 35 valence electrons. The second-order valence-corrected chi connectivity index (χ2v) is 0.618. The van der Waals surface area contributed by atoms with Gasteiger partial charge in [0.2, 0.25) is 6.29 Å². The molecule has 0 aliphatic rings. The molecule has 0 aromatic carbocycles. The fourth-order valence-electron chi connectivity index (χ4n) is 0.0680. The van der Waals surface area contributed by atoms with E-state index in [2.05, 4.69) is 0 Å². The Balaban J connectivity index is 0. The summed E-state index contributed by atoms with van der Waals surface area (Å²) >= 11 is 0. The fourth-order valence-corrected chi connectivity index (χ4v) is 0.0680. The van der Waals surface area contributed by atoms with Gasteiger partial charge in [0.05, 0.1) is 0 Å². The maximum Gasteiger partial charge on any atom is 0.225 e. The van der Waals surface area contributed by atoms with Crippen LogP contribution >= 0.6 is 0 Å². The second-order valence-electron chi connectivity index (χ2n) is 0.618. The SMILES string of the molecule is CC=C[C]=O.[SiH4]. The molecule has 0 saturated carbocycles. The summed E-state index contributed by atoms with van der Waals surface area (Å²) < 4.78 is 0. The van der Waals surface area contributed by atoms with E-state index < -0.39 is 0 Å². The fraction of sp³-hybridized carbons (Fsp3) is 0.250. The maximum atomic E-state index is 9.19. The topological polar surface area (TPSA) is 17.1 Å². The quantitative estimate of drug-likeness (QED) is 0.313. The van der Waals surface area contributed by atoms with E-state index in [9.17, 15) is 4.79 Å². The zero-order valence-electron chi connectivity index (χ0n) is 3.06. The minimum absolute atomic E-state index is 0. The van der Waals surface area contributed by atoms with Gasteiger partial charge in [0, 0.05) is 0 Å². The molecule has 2 heteroatoms. The highest BCUT2D eigenvalue weighted by Crippen LogP contribution is 1.55. The van der Waals surface area contributed by atoms with Gasteiger partial charge in [-0.05, 0) is 24.0 Å². The Hall–Kier alpha value is -0.373. The van der Waals surface area contributed by atoms with Gasteiger partial charge in [0.15, 0.2) is 0 Å². The monoisotopic (exact) mass is 101 g/mol. The van der Waals surface area contributed by atoms with Crippen LogP contribution in [0.4, 0.5) is 0 Å². The molecule has 0 unspecified atom stereocenters. The Kier molecular flexibility index (Phi) is 13.5. The second kappa shape index (κ2) is 8.82. The lowest BCUT2D eigenvalue weighted by Crippen LogP contribution is -1.50. The average Bonchev–Trinajstić information content (AvgIpc) is 1.41.